The third kappa shape index (κ3) is 4.89. The van der Waals surface area contributed by atoms with Gasteiger partial charge in [0.1, 0.15) is 0 Å². The van der Waals surface area contributed by atoms with Crippen LogP contribution >= 0.6 is 11.8 Å². The molecule has 0 saturated carbocycles. The van der Waals surface area contributed by atoms with Crippen molar-refractivity contribution in [2.24, 2.45) is 7.05 Å². The third-order valence-corrected chi connectivity index (χ3v) is 5.05. The molecular formula is C15H25N5O2S. The molecule has 0 aliphatic carbocycles. The molecule has 0 bridgehead atoms. The summed E-state index contributed by atoms with van der Waals surface area (Å²) in [5, 5.41) is 6.30. The van der Waals surface area contributed by atoms with Crippen LogP contribution in [0.2, 0.25) is 0 Å². The number of nitrogens with one attached hydrogen (secondary N) is 2. The lowest BCUT2D eigenvalue weighted by Crippen LogP contribution is -2.49. The smallest absolute Gasteiger partial charge is 0.315 e. The Morgan fingerprint density at radius 2 is 2.17 bits per heavy atom. The van der Waals surface area contributed by atoms with Crippen LogP contribution in [0.4, 0.5) is 10.6 Å². The summed E-state index contributed by atoms with van der Waals surface area (Å²) in [7, 11) is 1.72. The summed E-state index contributed by atoms with van der Waals surface area (Å²) < 4.78 is 1.53. The van der Waals surface area contributed by atoms with Crippen molar-refractivity contribution in [2.75, 3.05) is 30.8 Å². The van der Waals surface area contributed by atoms with Gasteiger partial charge in [0.15, 0.2) is 5.82 Å². The SMILES string of the molecule is CSC(C)CNC(=O)NC1CCN(c2nccn(C)c2=O)CC1. The number of amides is 2. The maximum Gasteiger partial charge on any atom is 0.315 e. The number of anilines is 1. The van der Waals surface area contributed by atoms with Crippen molar-refractivity contribution in [3.63, 3.8) is 0 Å². The molecule has 1 aromatic heterocycles. The molecule has 1 aliphatic rings. The van der Waals surface area contributed by atoms with Crippen LogP contribution in [0.5, 0.6) is 0 Å². The number of aromatic nitrogens is 2. The summed E-state index contributed by atoms with van der Waals surface area (Å²) >= 11 is 1.73. The minimum atomic E-state index is -0.113. The van der Waals surface area contributed by atoms with Gasteiger partial charge in [-0.05, 0) is 19.1 Å². The molecular weight excluding hydrogens is 314 g/mol. The Hall–Kier alpha value is -1.70. The lowest BCUT2D eigenvalue weighted by Gasteiger charge is -2.32. The monoisotopic (exact) mass is 339 g/mol. The second-order valence-electron chi connectivity index (χ2n) is 5.83. The van der Waals surface area contributed by atoms with E-state index in [-0.39, 0.29) is 17.6 Å². The van der Waals surface area contributed by atoms with Crippen LogP contribution < -0.4 is 21.1 Å². The molecule has 23 heavy (non-hydrogen) atoms. The average molecular weight is 339 g/mol. The molecule has 1 saturated heterocycles. The van der Waals surface area contributed by atoms with Gasteiger partial charge in [-0.15, -0.1) is 0 Å². The van der Waals surface area contributed by atoms with Gasteiger partial charge in [0, 0.05) is 50.4 Å². The molecule has 0 radical (unpaired) electrons. The van der Waals surface area contributed by atoms with Gasteiger partial charge in [-0.2, -0.15) is 11.8 Å². The quantitative estimate of drug-likeness (QED) is 0.829. The first-order chi connectivity index (χ1) is 11.0. The Morgan fingerprint density at radius 1 is 1.48 bits per heavy atom. The van der Waals surface area contributed by atoms with E-state index in [9.17, 15) is 9.59 Å². The molecule has 1 aliphatic heterocycles. The first kappa shape index (κ1) is 17.7. The van der Waals surface area contributed by atoms with E-state index >= 15 is 0 Å². The van der Waals surface area contributed by atoms with Crippen LogP contribution in [0.25, 0.3) is 0 Å². The zero-order chi connectivity index (χ0) is 16.8. The number of urea groups is 1. The largest absolute Gasteiger partial charge is 0.352 e. The molecule has 0 spiro atoms. The minimum Gasteiger partial charge on any atom is -0.352 e. The highest BCUT2D eigenvalue weighted by Gasteiger charge is 2.23. The molecule has 7 nitrogen and oxygen atoms in total. The van der Waals surface area contributed by atoms with Crippen molar-refractivity contribution in [2.45, 2.75) is 31.1 Å². The molecule has 128 valence electrons. The normalized spacial score (nSPS) is 16.9. The van der Waals surface area contributed by atoms with Crippen molar-refractivity contribution in [3.8, 4) is 0 Å². The summed E-state index contributed by atoms with van der Waals surface area (Å²) in [6.07, 6.45) is 6.94. The van der Waals surface area contributed by atoms with E-state index in [0.717, 1.165) is 25.9 Å². The summed E-state index contributed by atoms with van der Waals surface area (Å²) in [5.74, 6) is 0.492. The van der Waals surface area contributed by atoms with E-state index in [1.807, 2.05) is 11.2 Å². The molecule has 2 N–H and O–H groups in total. The van der Waals surface area contributed by atoms with Gasteiger partial charge in [-0.1, -0.05) is 6.92 Å². The van der Waals surface area contributed by atoms with Crippen LogP contribution in [-0.2, 0) is 7.05 Å². The highest BCUT2D eigenvalue weighted by Crippen LogP contribution is 2.14. The summed E-state index contributed by atoms with van der Waals surface area (Å²) in [5.41, 5.74) is -0.0808. The number of thioether (sulfide) groups is 1. The molecule has 8 heteroatoms. The topological polar surface area (TPSA) is 79.3 Å². The van der Waals surface area contributed by atoms with Gasteiger partial charge in [-0.25, -0.2) is 9.78 Å². The lowest BCUT2D eigenvalue weighted by atomic mass is 10.1. The van der Waals surface area contributed by atoms with Gasteiger partial charge in [-0.3, -0.25) is 4.79 Å². The first-order valence-corrected chi connectivity index (χ1v) is 9.13. The Bertz CT molecular complexity index is 583. The average Bonchev–Trinajstić information content (AvgIpc) is 2.56. The van der Waals surface area contributed by atoms with E-state index in [1.54, 1.807) is 31.2 Å². The predicted octanol–water partition coefficient (Wildman–Crippen LogP) is 0.800. The zero-order valence-corrected chi connectivity index (χ0v) is 14.7. The highest BCUT2D eigenvalue weighted by atomic mass is 32.2. The van der Waals surface area contributed by atoms with Gasteiger partial charge < -0.3 is 20.1 Å². The third-order valence-electron chi connectivity index (χ3n) is 4.08. The zero-order valence-electron chi connectivity index (χ0n) is 13.9. The van der Waals surface area contributed by atoms with Gasteiger partial charge in [0.2, 0.25) is 0 Å². The Kier molecular flexibility index (Phi) is 6.32. The van der Waals surface area contributed by atoms with Crippen LogP contribution in [0, 0.1) is 0 Å². The lowest BCUT2D eigenvalue weighted by molar-refractivity contribution is 0.234. The predicted molar refractivity (Wildman–Crippen MR) is 94.2 cm³/mol. The van der Waals surface area contributed by atoms with E-state index in [2.05, 4.69) is 22.5 Å². The fourth-order valence-electron chi connectivity index (χ4n) is 2.49. The maximum atomic E-state index is 12.1. The number of carbonyl (C=O) groups is 1. The number of nitrogens with zero attached hydrogens (tertiary/aromatic N) is 3. The van der Waals surface area contributed by atoms with Crippen LogP contribution in [0.1, 0.15) is 19.8 Å². The summed E-state index contributed by atoms with van der Waals surface area (Å²) in [6.45, 7) is 4.18. The van der Waals surface area contributed by atoms with Crippen molar-refractivity contribution >= 4 is 23.6 Å². The molecule has 1 fully saturated rings. The van der Waals surface area contributed by atoms with Gasteiger partial charge in [0.05, 0.1) is 0 Å². The second-order valence-corrected chi connectivity index (χ2v) is 7.11. The fraction of sp³-hybridized carbons (Fsp3) is 0.667. The summed E-state index contributed by atoms with van der Waals surface area (Å²) in [4.78, 5) is 30.1. The van der Waals surface area contributed by atoms with Gasteiger partial charge in [0.25, 0.3) is 5.56 Å². The van der Waals surface area contributed by atoms with Gasteiger partial charge >= 0.3 is 6.03 Å². The maximum absolute atomic E-state index is 12.1. The molecule has 1 aromatic rings. The molecule has 2 rings (SSSR count). The summed E-state index contributed by atoms with van der Waals surface area (Å²) in [6, 6.07) is 0.0292. The highest BCUT2D eigenvalue weighted by molar-refractivity contribution is 7.99. The Labute approximate surface area is 140 Å². The number of piperidine rings is 1. The number of rotatable bonds is 5. The standard InChI is InChI=1S/C15H25N5O2S/c1-11(23-3)10-17-15(22)18-12-4-7-20(8-5-12)13-14(21)19(2)9-6-16-13/h6,9,11-12H,4-5,7-8,10H2,1-3H3,(H2,17,18,22). The van der Waals surface area contributed by atoms with E-state index in [4.69, 9.17) is 0 Å². The van der Waals surface area contributed by atoms with Crippen LogP contribution in [0.15, 0.2) is 17.2 Å². The van der Waals surface area contributed by atoms with E-state index in [1.165, 1.54) is 4.57 Å². The molecule has 1 unspecified atom stereocenters. The Morgan fingerprint density at radius 3 is 2.83 bits per heavy atom. The van der Waals surface area contributed by atoms with Crippen molar-refractivity contribution in [1.29, 1.82) is 0 Å². The van der Waals surface area contributed by atoms with Crippen molar-refractivity contribution < 1.29 is 4.79 Å². The molecule has 1 atom stereocenters. The number of aryl methyl sites for hydroxylation is 1. The number of hydrogen-bond donors (Lipinski definition) is 2. The Balaban J connectivity index is 1.81. The number of hydrogen-bond acceptors (Lipinski definition) is 5. The van der Waals surface area contributed by atoms with Crippen molar-refractivity contribution in [3.05, 3.63) is 22.7 Å². The molecule has 0 aromatic carbocycles. The van der Waals surface area contributed by atoms with Crippen LogP contribution in [0.3, 0.4) is 0 Å². The van der Waals surface area contributed by atoms with E-state index in [0.29, 0.717) is 17.6 Å². The second kappa shape index (κ2) is 8.24. The minimum absolute atomic E-state index is 0.0808. The van der Waals surface area contributed by atoms with E-state index < -0.39 is 0 Å². The number of carbonyl (C=O) groups excluding carboxylic acids is 1. The van der Waals surface area contributed by atoms with Crippen molar-refractivity contribution in [1.82, 2.24) is 20.2 Å². The molecule has 2 amide bonds. The molecule has 2 heterocycles. The first-order valence-electron chi connectivity index (χ1n) is 7.85. The fourth-order valence-corrected chi connectivity index (χ4v) is 2.74. The van der Waals surface area contributed by atoms with Crippen LogP contribution in [-0.4, -0.2) is 52.8 Å².